The van der Waals surface area contributed by atoms with E-state index in [4.69, 9.17) is 5.73 Å². The molecule has 0 aliphatic carbocycles. The second-order valence-corrected chi connectivity index (χ2v) is 11.0. The van der Waals surface area contributed by atoms with Crippen LogP contribution in [0.4, 0.5) is 5.69 Å². The van der Waals surface area contributed by atoms with Gasteiger partial charge in [0.2, 0.25) is 10.0 Å². The van der Waals surface area contributed by atoms with E-state index in [0.717, 1.165) is 22.4 Å². The molecule has 10 nitrogen and oxygen atoms in total. The van der Waals surface area contributed by atoms with Gasteiger partial charge in [-0.25, -0.2) is 17.9 Å². The molecule has 0 saturated carbocycles. The second kappa shape index (κ2) is 11.8. The molecule has 2 heterocycles. The number of nitrogens with one attached hydrogen (secondary N) is 2. The van der Waals surface area contributed by atoms with E-state index in [-0.39, 0.29) is 4.90 Å². The molecule has 2 aromatic heterocycles. The summed E-state index contributed by atoms with van der Waals surface area (Å²) >= 11 is 0. The van der Waals surface area contributed by atoms with Gasteiger partial charge in [-0.1, -0.05) is 37.6 Å². The summed E-state index contributed by atoms with van der Waals surface area (Å²) in [6, 6.07) is 13.7. The highest BCUT2D eigenvalue weighted by Gasteiger charge is 2.23. The molecule has 2 aromatic carbocycles. The largest absolute Gasteiger partial charge is 0.342 e. The maximum Gasteiger partial charge on any atom is 0.262 e. The number of benzene rings is 2. The SMILES string of the molecule is CCN(CC)S(=O)(=O)c1ccc(C(N)/C=C(/NC(=O)c2cnn3cccnc23)Nc2ccc(C)cc2)c(C)c1. The van der Waals surface area contributed by atoms with Crippen molar-refractivity contribution in [2.24, 2.45) is 5.73 Å². The van der Waals surface area contributed by atoms with Crippen LogP contribution in [0.5, 0.6) is 0 Å². The summed E-state index contributed by atoms with van der Waals surface area (Å²) in [6.07, 6.45) is 6.46. The van der Waals surface area contributed by atoms with Crippen molar-refractivity contribution in [2.75, 3.05) is 18.4 Å². The Morgan fingerprint density at radius 3 is 2.51 bits per heavy atom. The maximum atomic E-state index is 13.2. The summed E-state index contributed by atoms with van der Waals surface area (Å²) in [5.41, 5.74) is 10.6. The molecule has 11 heteroatoms. The number of carbonyl (C=O) groups is 1. The van der Waals surface area contributed by atoms with Crippen LogP contribution in [-0.2, 0) is 10.0 Å². The van der Waals surface area contributed by atoms with Crippen LogP contribution >= 0.6 is 0 Å². The fraction of sp³-hybridized carbons (Fsp3) is 0.250. The van der Waals surface area contributed by atoms with Crippen molar-refractivity contribution in [3.63, 3.8) is 0 Å². The lowest BCUT2D eigenvalue weighted by Gasteiger charge is -2.20. The van der Waals surface area contributed by atoms with Gasteiger partial charge in [-0.05, 0) is 61.4 Å². The van der Waals surface area contributed by atoms with Gasteiger partial charge in [0.15, 0.2) is 5.65 Å². The van der Waals surface area contributed by atoms with E-state index in [0.29, 0.717) is 30.1 Å². The van der Waals surface area contributed by atoms with E-state index in [1.54, 1.807) is 42.7 Å². The monoisotopic (exact) mass is 547 g/mol. The number of fused-ring (bicyclic) bond motifs is 1. The molecule has 1 unspecified atom stereocenters. The lowest BCUT2D eigenvalue weighted by Crippen LogP contribution is -2.30. The van der Waals surface area contributed by atoms with Crippen LogP contribution in [0.3, 0.4) is 0 Å². The van der Waals surface area contributed by atoms with Crippen molar-refractivity contribution in [1.82, 2.24) is 24.2 Å². The molecule has 204 valence electrons. The van der Waals surface area contributed by atoms with Gasteiger partial charge >= 0.3 is 0 Å². The number of aryl methyl sites for hydroxylation is 2. The molecule has 4 aromatic rings. The minimum atomic E-state index is -3.60. The van der Waals surface area contributed by atoms with Crippen molar-refractivity contribution in [3.8, 4) is 0 Å². The van der Waals surface area contributed by atoms with Gasteiger partial charge in [-0.2, -0.15) is 9.40 Å². The fourth-order valence-corrected chi connectivity index (χ4v) is 5.79. The molecule has 0 bridgehead atoms. The molecule has 0 aliphatic heterocycles. The number of hydrogen-bond acceptors (Lipinski definition) is 7. The summed E-state index contributed by atoms with van der Waals surface area (Å²) in [4.78, 5) is 17.7. The van der Waals surface area contributed by atoms with Crippen LogP contribution < -0.4 is 16.4 Å². The Morgan fingerprint density at radius 2 is 1.85 bits per heavy atom. The van der Waals surface area contributed by atoms with Crippen LogP contribution in [0.1, 0.15) is 46.9 Å². The number of carbonyl (C=O) groups excluding carboxylic acids is 1. The number of nitrogens with two attached hydrogens (primary N) is 1. The van der Waals surface area contributed by atoms with E-state index in [2.05, 4.69) is 20.7 Å². The number of hydrogen-bond donors (Lipinski definition) is 3. The number of anilines is 1. The zero-order valence-corrected chi connectivity index (χ0v) is 23.2. The third-order valence-electron chi connectivity index (χ3n) is 6.39. The van der Waals surface area contributed by atoms with Crippen LogP contribution in [0, 0.1) is 13.8 Å². The Hall–Kier alpha value is -4.06. The Morgan fingerprint density at radius 1 is 1.13 bits per heavy atom. The predicted octanol–water partition coefficient (Wildman–Crippen LogP) is 3.76. The highest BCUT2D eigenvalue weighted by atomic mass is 32.2. The number of aromatic nitrogens is 3. The maximum absolute atomic E-state index is 13.2. The fourth-order valence-electron chi connectivity index (χ4n) is 4.25. The molecule has 0 saturated heterocycles. The van der Waals surface area contributed by atoms with Gasteiger partial charge in [0, 0.05) is 31.2 Å². The van der Waals surface area contributed by atoms with E-state index in [1.807, 2.05) is 52.0 Å². The molecule has 0 spiro atoms. The predicted molar refractivity (Wildman–Crippen MR) is 152 cm³/mol. The summed E-state index contributed by atoms with van der Waals surface area (Å²) in [6.45, 7) is 8.20. The highest BCUT2D eigenvalue weighted by molar-refractivity contribution is 7.89. The first-order chi connectivity index (χ1) is 18.6. The smallest absolute Gasteiger partial charge is 0.262 e. The average molecular weight is 548 g/mol. The zero-order valence-electron chi connectivity index (χ0n) is 22.4. The van der Waals surface area contributed by atoms with E-state index in [1.165, 1.54) is 15.0 Å². The van der Waals surface area contributed by atoms with Crippen LogP contribution in [-0.4, -0.2) is 46.3 Å². The topological polar surface area (TPSA) is 135 Å². The van der Waals surface area contributed by atoms with Crippen molar-refractivity contribution in [3.05, 3.63) is 101 Å². The molecular weight excluding hydrogens is 514 g/mol. The number of amides is 1. The molecular formula is C28H33N7O3S. The Labute approximate surface area is 228 Å². The Kier molecular flexibility index (Phi) is 8.44. The van der Waals surface area contributed by atoms with Gasteiger partial charge in [0.1, 0.15) is 11.4 Å². The average Bonchev–Trinajstić information content (AvgIpc) is 3.35. The van der Waals surface area contributed by atoms with Gasteiger partial charge in [-0.3, -0.25) is 4.79 Å². The van der Waals surface area contributed by atoms with Gasteiger partial charge in [0.25, 0.3) is 5.91 Å². The van der Waals surface area contributed by atoms with E-state index in [9.17, 15) is 13.2 Å². The summed E-state index contributed by atoms with van der Waals surface area (Å²) in [5, 5.41) is 10.3. The molecule has 4 rings (SSSR count). The number of sulfonamides is 1. The Balaban J connectivity index is 1.65. The lowest BCUT2D eigenvalue weighted by atomic mass is 10.0. The quantitative estimate of drug-likeness (QED) is 0.275. The third-order valence-corrected chi connectivity index (χ3v) is 8.44. The summed E-state index contributed by atoms with van der Waals surface area (Å²) < 4.78 is 28.9. The molecule has 39 heavy (non-hydrogen) atoms. The summed E-state index contributed by atoms with van der Waals surface area (Å²) in [5.74, 6) is -0.0370. The minimum absolute atomic E-state index is 0.218. The van der Waals surface area contributed by atoms with Gasteiger partial charge < -0.3 is 16.4 Å². The molecule has 0 aliphatic rings. The molecule has 1 amide bonds. The van der Waals surface area contributed by atoms with E-state index < -0.39 is 22.0 Å². The third kappa shape index (κ3) is 6.17. The molecule has 0 radical (unpaired) electrons. The minimum Gasteiger partial charge on any atom is -0.342 e. The first-order valence-corrected chi connectivity index (χ1v) is 14.1. The van der Waals surface area contributed by atoms with Crippen molar-refractivity contribution >= 4 is 27.3 Å². The van der Waals surface area contributed by atoms with Gasteiger partial charge in [0.05, 0.1) is 17.1 Å². The number of nitrogens with zero attached hydrogens (tertiary/aromatic N) is 4. The number of rotatable bonds is 10. The van der Waals surface area contributed by atoms with E-state index >= 15 is 0 Å². The summed E-state index contributed by atoms with van der Waals surface area (Å²) in [7, 11) is -3.60. The second-order valence-electron chi connectivity index (χ2n) is 9.11. The molecule has 4 N–H and O–H groups in total. The van der Waals surface area contributed by atoms with Crippen molar-refractivity contribution < 1.29 is 13.2 Å². The van der Waals surface area contributed by atoms with Crippen LogP contribution in [0.2, 0.25) is 0 Å². The Bertz CT molecular complexity index is 1610. The van der Waals surface area contributed by atoms with Gasteiger partial charge in [-0.15, -0.1) is 0 Å². The van der Waals surface area contributed by atoms with Crippen LogP contribution in [0.25, 0.3) is 5.65 Å². The first kappa shape index (κ1) is 28.0. The van der Waals surface area contributed by atoms with Crippen molar-refractivity contribution in [1.29, 1.82) is 0 Å². The standard InChI is InChI=1S/C28H33N7O3S/c1-5-34(6-2)39(37,38)22-12-13-23(20(4)16-22)25(29)17-26(32-21-10-8-19(3)9-11-21)33-28(36)24-18-31-35-15-7-14-30-27(24)35/h7-18,25,32H,5-6,29H2,1-4H3,(H,33,36)/b26-17+. The van der Waals surface area contributed by atoms with Crippen molar-refractivity contribution in [2.45, 2.75) is 38.6 Å². The first-order valence-electron chi connectivity index (χ1n) is 12.7. The highest BCUT2D eigenvalue weighted by Crippen LogP contribution is 2.24. The lowest BCUT2D eigenvalue weighted by molar-refractivity contribution is 0.0967. The van der Waals surface area contributed by atoms with Crippen LogP contribution in [0.15, 0.2) is 83.9 Å². The molecule has 1 atom stereocenters. The molecule has 0 fully saturated rings. The normalized spacial score (nSPS) is 13.0. The zero-order chi connectivity index (χ0) is 28.2.